The number of non-ortho nitro benzene ring substituents is 1. The van der Waals surface area contributed by atoms with Crippen molar-refractivity contribution >= 4 is 17.3 Å². The van der Waals surface area contributed by atoms with E-state index in [2.05, 4.69) is 4.99 Å². The fourth-order valence-electron chi connectivity index (χ4n) is 3.16. The summed E-state index contributed by atoms with van der Waals surface area (Å²) in [6.07, 6.45) is 0.710. The van der Waals surface area contributed by atoms with Gasteiger partial charge in [-0.1, -0.05) is 6.07 Å². The Labute approximate surface area is 172 Å². The van der Waals surface area contributed by atoms with Gasteiger partial charge in [0.05, 0.1) is 22.2 Å². The molecule has 0 saturated heterocycles. The van der Waals surface area contributed by atoms with E-state index < -0.39 is 22.7 Å². The van der Waals surface area contributed by atoms with Crippen molar-refractivity contribution in [3.63, 3.8) is 0 Å². The van der Waals surface area contributed by atoms with Gasteiger partial charge in [0.15, 0.2) is 6.19 Å². The maximum Gasteiger partial charge on any atom is 0.271 e. The van der Waals surface area contributed by atoms with Gasteiger partial charge in [0.1, 0.15) is 23.5 Å². The third-order valence-corrected chi connectivity index (χ3v) is 4.74. The van der Waals surface area contributed by atoms with E-state index >= 15 is 0 Å². The summed E-state index contributed by atoms with van der Waals surface area (Å²) in [5.41, 5.74) is 5.78. The molecule has 0 fully saturated rings. The number of nitriles is 2. The minimum Gasteiger partial charge on any atom is -0.485 e. The summed E-state index contributed by atoms with van der Waals surface area (Å²) in [6, 6.07) is 11.2. The summed E-state index contributed by atoms with van der Waals surface area (Å²) >= 11 is 0. The van der Waals surface area contributed by atoms with Crippen LogP contribution in [0.1, 0.15) is 31.0 Å². The highest BCUT2D eigenvalue weighted by atomic mass is 16.6. The molecule has 2 unspecified atom stereocenters. The zero-order chi connectivity index (χ0) is 22.1. The highest BCUT2D eigenvalue weighted by Gasteiger charge is 2.43. The molecule has 10 heteroatoms. The van der Waals surface area contributed by atoms with Crippen LogP contribution in [0.3, 0.4) is 0 Å². The monoisotopic (exact) mass is 406 g/mol. The zero-order valence-electron chi connectivity index (χ0n) is 16.2. The van der Waals surface area contributed by atoms with E-state index in [9.17, 15) is 25.7 Å². The van der Waals surface area contributed by atoms with E-state index in [1.54, 1.807) is 32.0 Å². The van der Waals surface area contributed by atoms with Crippen LogP contribution < -0.4 is 15.4 Å². The van der Waals surface area contributed by atoms with Gasteiger partial charge < -0.3 is 15.6 Å². The van der Waals surface area contributed by atoms with Crippen LogP contribution in [0, 0.1) is 32.9 Å². The van der Waals surface area contributed by atoms with Gasteiger partial charge in [-0.3, -0.25) is 10.1 Å². The van der Waals surface area contributed by atoms with Crippen molar-refractivity contribution in [1.82, 2.24) is 0 Å². The van der Waals surface area contributed by atoms with Gasteiger partial charge in [0.2, 0.25) is 5.96 Å². The van der Waals surface area contributed by atoms with Crippen LogP contribution in [0.4, 0.5) is 11.4 Å². The zero-order valence-corrected chi connectivity index (χ0v) is 16.2. The van der Waals surface area contributed by atoms with E-state index in [-0.39, 0.29) is 17.3 Å². The van der Waals surface area contributed by atoms with Gasteiger partial charge >= 0.3 is 0 Å². The van der Waals surface area contributed by atoms with Crippen LogP contribution in [-0.4, -0.2) is 27.7 Å². The van der Waals surface area contributed by atoms with E-state index in [0.717, 1.165) is 4.90 Å². The molecule has 0 amide bonds. The quantitative estimate of drug-likeness (QED) is 0.196. The van der Waals surface area contributed by atoms with E-state index in [0.29, 0.717) is 16.9 Å². The summed E-state index contributed by atoms with van der Waals surface area (Å²) in [6.45, 7) is 3.36. The average Bonchev–Trinajstić information content (AvgIpc) is 2.71. The van der Waals surface area contributed by atoms with Crippen molar-refractivity contribution in [2.75, 3.05) is 4.90 Å². The van der Waals surface area contributed by atoms with E-state index in [4.69, 9.17) is 10.5 Å². The van der Waals surface area contributed by atoms with Gasteiger partial charge in [-0.25, -0.2) is 9.89 Å². The first-order valence-electron chi connectivity index (χ1n) is 8.86. The third-order valence-electron chi connectivity index (χ3n) is 4.74. The van der Waals surface area contributed by atoms with E-state index in [1.165, 1.54) is 24.3 Å². The van der Waals surface area contributed by atoms with Gasteiger partial charge in [-0.15, -0.1) is 0 Å². The molecule has 152 valence electrons. The fraction of sp³-hybridized carbons (Fsp3) is 0.250. The van der Waals surface area contributed by atoms with Crippen LogP contribution >= 0.6 is 0 Å². The summed E-state index contributed by atoms with van der Waals surface area (Å²) in [5.74, 6) is 0.165. The summed E-state index contributed by atoms with van der Waals surface area (Å²) in [5, 5.41) is 40.6. The van der Waals surface area contributed by atoms with Crippen LogP contribution in [0.5, 0.6) is 5.75 Å². The molecule has 0 saturated carbocycles. The maximum atomic E-state index is 11.0. The van der Waals surface area contributed by atoms with Gasteiger partial charge in [-0.05, 0) is 38.1 Å². The van der Waals surface area contributed by atoms with Crippen molar-refractivity contribution < 1.29 is 14.8 Å². The molecule has 3 N–H and O–H groups in total. The molecule has 0 bridgehead atoms. The number of hydrogen-bond donors (Lipinski definition) is 2. The number of hydrogen-bond acceptors (Lipinski definition) is 7. The molecule has 0 spiro atoms. The Morgan fingerprint density at radius 2 is 2.07 bits per heavy atom. The Morgan fingerprint density at radius 1 is 1.33 bits per heavy atom. The van der Waals surface area contributed by atoms with Crippen molar-refractivity contribution in [1.29, 1.82) is 10.5 Å². The lowest BCUT2D eigenvalue weighted by atomic mass is 9.86. The second-order valence-corrected chi connectivity index (χ2v) is 7.16. The molecule has 1 aliphatic heterocycles. The van der Waals surface area contributed by atoms with Crippen molar-refractivity contribution in [2.24, 2.45) is 10.7 Å². The number of nitro benzene ring substituents is 1. The minimum atomic E-state index is -1.14. The van der Waals surface area contributed by atoms with Gasteiger partial charge in [0.25, 0.3) is 5.69 Å². The van der Waals surface area contributed by atoms with Crippen molar-refractivity contribution in [3.8, 4) is 18.0 Å². The lowest BCUT2D eigenvalue weighted by Crippen LogP contribution is -2.49. The van der Waals surface area contributed by atoms with Crippen molar-refractivity contribution in [3.05, 3.63) is 63.7 Å². The molecule has 1 heterocycles. The molecule has 0 radical (unpaired) electrons. The fourth-order valence-corrected chi connectivity index (χ4v) is 3.16. The molecule has 2 aromatic carbocycles. The third kappa shape index (κ3) is 3.72. The SMILES string of the molecule is CC1(C)Oc2ccc(C#N)cc2C(N=C(N)N(C#N)c2cccc([N+](=O)[O-])c2)C1O. The average molecular weight is 406 g/mol. The molecular formula is C20H18N6O4. The van der Waals surface area contributed by atoms with Crippen LogP contribution in [0.2, 0.25) is 0 Å². The smallest absolute Gasteiger partial charge is 0.271 e. The number of nitrogens with zero attached hydrogens (tertiary/aromatic N) is 5. The number of rotatable bonds is 3. The second-order valence-electron chi connectivity index (χ2n) is 7.16. The molecule has 0 aromatic heterocycles. The Hall–Kier alpha value is -4.15. The standard InChI is InChI=1S/C20H18N6O4/c1-20(2)18(27)17(15-8-12(10-21)6-7-16(15)30-20)24-19(23)25(11-22)13-4-3-5-14(9-13)26(28)29/h3-9,17-18,27H,1-2H3,(H2,23,24). The molecule has 3 rings (SSSR count). The Bertz CT molecular complexity index is 1120. The predicted molar refractivity (Wildman–Crippen MR) is 107 cm³/mol. The number of anilines is 1. The number of aliphatic hydroxyl groups excluding tert-OH is 1. The molecule has 30 heavy (non-hydrogen) atoms. The summed E-state index contributed by atoms with van der Waals surface area (Å²) < 4.78 is 5.83. The molecular weight excluding hydrogens is 388 g/mol. The number of nitrogens with two attached hydrogens (primary N) is 1. The molecule has 2 atom stereocenters. The second kappa shape index (κ2) is 7.70. The number of guanidine groups is 1. The number of fused-ring (bicyclic) bond motifs is 1. The first kappa shape index (κ1) is 20.6. The highest BCUT2D eigenvalue weighted by molar-refractivity contribution is 5.97. The van der Waals surface area contributed by atoms with E-state index in [1.807, 2.05) is 12.3 Å². The lowest BCUT2D eigenvalue weighted by molar-refractivity contribution is -0.384. The topological polar surface area (TPSA) is 162 Å². The van der Waals surface area contributed by atoms with Gasteiger partial charge in [0, 0.05) is 17.7 Å². The Balaban J connectivity index is 2.08. The molecule has 2 aromatic rings. The summed E-state index contributed by atoms with van der Waals surface area (Å²) in [7, 11) is 0. The Morgan fingerprint density at radius 3 is 2.70 bits per heavy atom. The van der Waals surface area contributed by atoms with Crippen LogP contribution in [0.15, 0.2) is 47.5 Å². The number of aliphatic hydroxyl groups is 1. The largest absolute Gasteiger partial charge is 0.485 e. The maximum absolute atomic E-state index is 11.0. The molecule has 10 nitrogen and oxygen atoms in total. The first-order chi connectivity index (χ1) is 14.2. The molecule has 1 aliphatic rings. The highest BCUT2D eigenvalue weighted by Crippen LogP contribution is 2.42. The van der Waals surface area contributed by atoms with Gasteiger partial charge in [-0.2, -0.15) is 10.5 Å². The number of benzene rings is 2. The minimum absolute atomic E-state index is 0.153. The number of ether oxygens (including phenoxy) is 1. The first-order valence-corrected chi connectivity index (χ1v) is 8.86. The van der Waals surface area contributed by atoms with Crippen LogP contribution in [-0.2, 0) is 0 Å². The lowest BCUT2D eigenvalue weighted by Gasteiger charge is -2.40. The normalized spacial score (nSPS) is 19.6. The summed E-state index contributed by atoms with van der Waals surface area (Å²) in [4.78, 5) is 15.7. The van der Waals surface area contributed by atoms with Crippen molar-refractivity contribution in [2.45, 2.75) is 31.6 Å². The number of aliphatic imine (C=N–C) groups is 1. The van der Waals surface area contributed by atoms with Crippen LogP contribution in [0.25, 0.3) is 0 Å². The Kier molecular flexibility index (Phi) is 5.28. The predicted octanol–water partition coefficient (Wildman–Crippen LogP) is 2.34. The number of nitro groups is 1. The molecule has 0 aliphatic carbocycles.